The summed E-state index contributed by atoms with van der Waals surface area (Å²) in [5, 5.41) is 12.8. The van der Waals surface area contributed by atoms with E-state index in [9.17, 15) is 5.11 Å². The van der Waals surface area contributed by atoms with Crippen LogP contribution in [0.2, 0.25) is 5.15 Å². The number of hydrogen-bond donors (Lipinski definition) is 3. The predicted molar refractivity (Wildman–Crippen MR) is 63.1 cm³/mol. The summed E-state index contributed by atoms with van der Waals surface area (Å²) in [5.74, 6) is 0.575. The molecule has 0 bridgehead atoms. The predicted octanol–water partition coefficient (Wildman–Crippen LogP) is 1.89. The summed E-state index contributed by atoms with van der Waals surface area (Å²) in [4.78, 5) is 4.04. The largest absolute Gasteiger partial charge is 0.396 e. The van der Waals surface area contributed by atoms with Gasteiger partial charge in [-0.05, 0) is 25.0 Å². The summed E-state index contributed by atoms with van der Waals surface area (Å²) in [5.41, 5.74) is 6.25. The Kier molecular flexibility index (Phi) is 4.65. The lowest BCUT2D eigenvalue weighted by Gasteiger charge is -2.10. The molecule has 0 saturated carbocycles. The highest BCUT2D eigenvalue weighted by molar-refractivity contribution is 6.29. The quantitative estimate of drug-likeness (QED) is 0.675. The highest BCUT2D eigenvalue weighted by atomic mass is 35.5. The molecule has 0 aliphatic carbocycles. The standard InChI is InChI=1S/C10H16ClN3O/c1-2-7(15)5-6-13-10-8(12)3-4-9(11)14-10/h3-4,7,15H,2,5-6,12H2,1H3,(H,13,14). The summed E-state index contributed by atoms with van der Waals surface area (Å²) in [6.07, 6.45) is 1.14. The van der Waals surface area contributed by atoms with Crippen LogP contribution in [-0.4, -0.2) is 22.7 Å². The number of nitrogens with zero attached hydrogens (tertiary/aromatic N) is 1. The van der Waals surface area contributed by atoms with Crippen molar-refractivity contribution in [1.82, 2.24) is 4.98 Å². The van der Waals surface area contributed by atoms with Gasteiger partial charge in [-0.2, -0.15) is 0 Å². The molecule has 0 spiro atoms. The molecule has 1 unspecified atom stereocenters. The highest BCUT2D eigenvalue weighted by Gasteiger charge is 2.03. The third-order valence-electron chi connectivity index (χ3n) is 2.13. The number of pyridine rings is 1. The van der Waals surface area contributed by atoms with Crippen LogP contribution in [-0.2, 0) is 0 Å². The molecule has 1 aromatic heterocycles. The minimum absolute atomic E-state index is 0.280. The molecule has 0 aromatic carbocycles. The monoisotopic (exact) mass is 229 g/mol. The van der Waals surface area contributed by atoms with Crippen molar-refractivity contribution in [3.63, 3.8) is 0 Å². The maximum atomic E-state index is 9.34. The van der Waals surface area contributed by atoms with Crippen LogP contribution in [0.1, 0.15) is 19.8 Å². The van der Waals surface area contributed by atoms with Gasteiger partial charge in [-0.25, -0.2) is 4.98 Å². The van der Waals surface area contributed by atoms with Crippen LogP contribution < -0.4 is 11.1 Å². The van der Waals surface area contributed by atoms with Crippen molar-refractivity contribution in [2.45, 2.75) is 25.9 Å². The smallest absolute Gasteiger partial charge is 0.150 e. The van der Waals surface area contributed by atoms with E-state index in [1.54, 1.807) is 12.1 Å². The maximum Gasteiger partial charge on any atom is 0.150 e. The van der Waals surface area contributed by atoms with Crippen LogP contribution in [0.4, 0.5) is 11.5 Å². The molecule has 1 aromatic rings. The van der Waals surface area contributed by atoms with Gasteiger partial charge in [0.2, 0.25) is 0 Å². The van der Waals surface area contributed by atoms with Crippen LogP contribution in [0.15, 0.2) is 12.1 Å². The second-order valence-electron chi connectivity index (χ2n) is 3.35. The summed E-state index contributed by atoms with van der Waals surface area (Å²) in [6.45, 7) is 2.57. The van der Waals surface area contributed by atoms with Gasteiger partial charge in [0, 0.05) is 6.54 Å². The number of nitrogens with one attached hydrogen (secondary N) is 1. The zero-order valence-electron chi connectivity index (χ0n) is 8.70. The van der Waals surface area contributed by atoms with Crippen LogP contribution >= 0.6 is 11.6 Å². The zero-order valence-corrected chi connectivity index (χ0v) is 9.46. The number of halogens is 1. The minimum atomic E-state index is -0.280. The topological polar surface area (TPSA) is 71.2 Å². The zero-order chi connectivity index (χ0) is 11.3. The molecular weight excluding hydrogens is 214 g/mol. The average molecular weight is 230 g/mol. The lowest BCUT2D eigenvalue weighted by atomic mass is 10.2. The number of aliphatic hydroxyl groups excluding tert-OH is 1. The lowest BCUT2D eigenvalue weighted by molar-refractivity contribution is 0.164. The maximum absolute atomic E-state index is 9.34. The van der Waals surface area contributed by atoms with Gasteiger partial charge in [-0.1, -0.05) is 18.5 Å². The van der Waals surface area contributed by atoms with Crippen LogP contribution in [0.25, 0.3) is 0 Å². The van der Waals surface area contributed by atoms with Gasteiger partial charge in [0.15, 0.2) is 5.82 Å². The van der Waals surface area contributed by atoms with Gasteiger partial charge in [-0.15, -0.1) is 0 Å². The molecule has 0 saturated heterocycles. The molecule has 0 radical (unpaired) electrons. The van der Waals surface area contributed by atoms with E-state index < -0.39 is 0 Å². The van der Waals surface area contributed by atoms with E-state index >= 15 is 0 Å². The Morgan fingerprint density at radius 1 is 1.60 bits per heavy atom. The first-order valence-corrected chi connectivity index (χ1v) is 5.35. The fourth-order valence-corrected chi connectivity index (χ4v) is 1.30. The summed E-state index contributed by atoms with van der Waals surface area (Å²) >= 11 is 5.73. The van der Waals surface area contributed by atoms with E-state index in [4.69, 9.17) is 17.3 Å². The number of aliphatic hydroxyl groups is 1. The highest BCUT2D eigenvalue weighted by Crippen LogP contribution is 2.18. The molecule has 5 heteroatoms. The third-order valence-corrected chi connectivity index (χ3v) is 2.34. The molecule has 0 aliphatic heterocycles. The van der Waals surface area contributed by atoms with Gasteiger partial charge < -0.3 is 16.2 Å². The van der Waals surface area contributed by atoms with Crippen molar-refractivity contribution in [3.05, 3.63) is 17.3 Å². The molecule has 4 nitrogen and oxygen atoms in total. The van der Waals surface area contributed by atoms with Gasteiger partial charge in [0.05, 0.1) is 11.8 Å². The van der Waals surface area contributed by atoms with E-state index in [0.717, 1.165) is 6.42 Å². The summed E-state index contributed by atoms with van der Waals surface area (Å²) in [6, 6.07) is 3.34. The second-order valence-corrected chi connectivity index (χ2v) is 3.74. The van der Waals surface area contributed by atoms with Gasteiger partial charge in [0.1, 0.15) is 5.15 Å². The van der Waals surface area contributed by atoms with Gasteiger partial charge in [0.25, 0.3) is 0 Å². The number of anilines is 2. The van der Waals surface area contributed by atoms with Crippen LogP contribution in [0, 0.1) is 0 Å². The van der Waals surface area contributed by atoms with E-state index in [1.165, 1.54) is 0 Å². The molecule has 4 N–H and O–H groups in total. The summed E-state index contributed by atoms with van der Waals surface area (Å²) in [7, 11) is 0. The fraction of sp³-hybridized carbons (Fsp3) is 0.500. The Morgan fingerprint density at radius 3 is 3.00 bits per heavy atom. The van der Waals surface area contributed by atoms with Crippen molar-refractivity contribution >= 4 is 23.1 Å². The Morgan fingerprint density at radius 2 is 2.33 bits per heavy atom. The molecule has 84 valence electrons. The number of rotatable bonds is 5. The van der Waals surface area contributed by atoms with Crippen molar-refractivity contribution in [3.8, 4) is 0 Å². The van der Waals surface area contributed by atoms with Crippen molar-refractivity contribution in [1.29, 1.82) is 0 Å². The Bertz CT molecular complexity index is 320. The molecule has 0 aliphatic rings. The third kappa shape index (κ3) is 3.93. The molecular formula is C10H16ClN3O. The van der Waals surface area contributed by atoms with Crippen molar-refractivity contribution in [2.75, 3.05) is 17.6 Å². The van der Waals surface area contributed by atoms with E-state index in [2.05, 4.69) is 10.3 Å². The van der Waals surface area contributed by atoms with Crippen molar-refractivity contribution < 1.29 is 5.11 Å². The molecule has 1 heterocycles. The summed E-state index contributed by atoms with van der Waals surface area (Å²) < 4.78 is 0. The molecule has 0 fully saturated rings. The number of hydrogen-bond acceptors (Lipinski definition) is 4. The van der Waals surface area contributed by atoms with Gasteiger partial charge >= 0.3 is 0 Å². The Hall–Kier alpha value is -1.00. The first-order valence-electron chi connectivity index (χ1n) is 4.97. The first kappa shape index (κ1) is 12.1. The Labute approximate surface area is 94.5 Å². The van der Waals surface area contributed by atoms with Crippen LogP contribution in [0.5, 0.6) is 0 Å². The Balaban J connectivity index is 2.46. The van der Waals surface area contributed by atoms with E-state index in [-0.39, 0.29) is 6.10 Å². The van der Waals surface area contributed by atoms with E-state index in [1.807, 2.05) is 6.92 Å². The molecule has 1 atom stereocenters. The molecule has 15 heavy (non-hydrogen) atoms. The number of nitrogens with two attached hydrogens (primary N) is 1. The lowest BCUT2D eigenvalue weighted by Crippen LogP contribution is -2.13. The average Bonchev–Trinajstić information content (AvgIpc) is 2.23. The molecule has 0 amide bonds. The van der Waals surface area contributed by atoms with Crippen molar-refractivity contribution in [2.24, 2.45) is 0 Å². The van der Waals surface area contributed by atoms with Crippen LogP contribution in [0.3, 0.4) is 0 Å². The van der Waals surface area contributed by atoms with E-state index in [0.29, 0.717) is 29.6 Å². The normalized spacial score (nSPS) is 12.5. The fourth-order valence-electron chi connectivity index (χ4n) is 1.15. The minimum Gasteiger partial charge on any atom is -0.396 e. The number of nitrogen functional groups attached to an aromatic ring is 1. The SMILES string of the molecule is CCC(O)CCNc1nc(Cl)ccc1N. The first-order chi connectivity index (χ1) is 7.13. The molecule has 1 rings (SSSR count). The van der Waals surface area contributed by atoms with Gasteiger partial charge in [-0.3, -0.25) is 0 Å². The second kappa shape index (κ2) is 5.78. The number of aromatic nitrogens is 1.